The zero-order valence-corrected chi connectivity index (χ0v) is 13.4. The Bertz CT molecular complexity index is 717. The van der Waals surface area contributed by atoms with E-state index in [9.17, 15) is 9.59 Å². The Kier molecular flexibility index (Phi) is 4.75. The molecule has 0 atom stereocenters. The minimum atomic E-state index is -0.392. The molecule has 0 spiro atoms. The second kappa shape index (κ2) is 6.56. The Labute approximate surface area is 129 Å². The van der Waals surface area contributed by atoms with E-state index in [0.717, 1.165) is 5.69 Å². The minimum absolute atomic E-state index is 0.0598. The number of H-pyrrole nitrogens is 1. The highest BCUT2D eigenvalue weighted by Gasteiger charge is 2.24. The van der Waals surface area contributed by atoms with E-state index in [4.69, 9.17) is 4.74 Å². The summed E-state index contributed by atoms with van der Waals surface area (Å²) in [5, 5.41) is 0. The van der Waals surface area contributed by atoms with E-state index in [0.29, 0.717) is 29.1 Å². The molecule has 0 aromatic carbocycles. The van der Waals surface area contributed by atoms with Gasteiger partial charge in [0.15, 0.2) is 11.9 Å². The fourth-order valence-electron chi connectivity index (χ4n) is 2.51. The number of rotatable bonds is 5. The lowest BCUT2D eigenvalue weighted by molar-refractivity contribution is -0.689. The zero-order valence-electron chi connectivity index (χ0n) is 13.4. The van der Waals surface area contributed by atoms with Crippen LogP contribution >= 0.6 is 0 Å². The van der Waals surface area contributed by atoms with Gasteiger partial charge >= 0.3 is 5.97 Å². The van der Waals surface area contributed by atoms with Crippen LogP contribution in [0, 0.1) is 20.8 Å². The van der Waals surface area contributed by atoms with Gasteiger partial charge in [0.2, 0.25) is 12.3 Å². The maximum Gasteiger partial charge on any atom is 0.340 e. The highest BCUT2D eigenvalue weighted by molar-refractivity contribution is 6.01. The molecule has 0 saturated heterocycles. The molecular weight excluding hydrogens is 280 g/mol. The van der Waals surface area contributed by atoms with Crippen molar-refractivity contribution in [2.45, 2.75) is 34.2 Å². The maximum atomic E-state index is 12.5. The van der Waals surface area contributed by atoms with Gasteiger partial charge in [0.05, 0.1) is 17.9 Å². The molecule has 116 valence electrons. The number of aromatic amines is 1. The quantitative estimate of drug-likeness (QED) is 0.523. The van der Waals surface area contributed by atoms with Crippen molar-refractivity contribution >= 4 is 11.8 Å². The normalized spacial score (nSPS) is 10.5. The maximum absolute atomic E-state index is 12.5. The van der Waals surface area contributed by atoms with Crippen LogP contribution < -0.4 is 4.57 Å². The Balaban J connectivity index is 2.30. The number of nitrogens with one attached hydrogen (secondary N) is 1. The lowest BCUT2D eigenvalue weighted by atomic mass is 10.1. The van der Waals surface area contributed by atoms with Crippen LogP contribution in [0.1, 0.15) is 44.7 Å². The van der Waals surface area contributed by atoms with Crippen LogP contribution in [0.4, 0.5) is 0 Å². The molecular formula is C17H21N2O3+. The number of hydrogen-bond acceptors (Lipinski definition) is 3. The van der Waals surface area contributed by atoms with E-state index < -0.39 is 5.97 Å². The van der Waals surface area contributed by atoms with Crippen molar-refractivity contribution in [1.82, 2.24) is 4.98 Å². The molecule has 0 aliphatic heterocycles. The molecule has 1 N–H and O–H groups in total. The van der Waals surface area contributed by atoms with E-state index in [1.165, 1.54) is 0 Å². The van der Waals surface area contributed by atoms with Crippen molar-refractivity contribution in [1.29, 1.82) is 0 Å². The summed E-state index contributed by atoms with van der Waals surface area (Å²) in [6.45, 7) is 7.80. The highest BCUT2D eigenvalue weighted by Crippen LogP contribution is 2.19. The first kappa shape index (κ1) is 15.9. The van der Waals surface area contributed by atoms with Crippen LogP contribution in [0.2, 0.25) is 0 Å². The van der Waals surface area contributed by atoms with Crippen LogP contribution in [-0.4, -0.2) is 23.3 Å². The van der Waals surface area contributed by atoms with Gasteiger partial charge in [-0.15, -0.1) is 0 Å². The standard InChI is InChI=1S/C17H20N2O3/c1-5-22-17(21)15-12(3)16(18-13(15)4)14(20)10-19-9-7-6-8-11(19)2/h6-9H,5,10H2,1-4H3/p+1. The molecule has 2 aromatic heterocycles. The van der Waals surface area contributed by atoms with Crippen molar-refractivity contribution in [2.24, 2.45) is 0 Å². The van der Waals surface area contributed by atoms with Gasteiger partial charge in [0.1, 0.15) is 0 Å². The average Bonchev–Trinajstić information content (AvgIpc) is 2.77. The summed E-state index contributed by atoms with van der Waals surface area (Å²) in [5.74, 6) is -0.452. The number of ether oxygens (including phenoxy) is 1. The van der Waals surface area contributed by atoms with Gasteiger partial charge in [-0.25, -0.2) is 4.79 Å². The fourth-order valence-corrected chi connectivity index (χ4v) is 2.51. The Morgan fingerprint density at radius 3 is 2.59 bits per heavy atom. The molecule has 22 heavy (non-hydrogen) atoms. The van der Waals surface area contributed by atoms with Gasteiger partial charge in [0, 0.05) is 24.8 Å². The van der Waals surface area contributed by atoms with Gasteiger partial charge in [-0.05, 0) is 26.3 Å². The van der Waals surface area contributed by atoms with Gasteiger partial charge in [-0.3, -0.25) is 4.79 Å². The molecule has 2 heterocycles. The number of nitrogens with zero attached hydrogens (tertiary/aromatic N) is 1. The zero-order chi connectivity index (χ0) is 16.3. The predicted octanol–water partition coefficient (Wildman–Crippen LogP) is 2.29. The summed E-state index contributed by atoms with van der Waals surface area (Å²) in [4.78, 5) is 27.5. The first-order valence-electron chi connectivity index (χ1n) is 7.30. The second-order valence-electron chi connectivity index (χ2n) is 5.24. The number of hydrogen-bond donors (Lipinski definition) is 1. The average molecular weight is 301 g/mol. The molecule has 0 unspecified atom stereocenters. The van der Waals surface area contributed by atoms with Crippen molar-refractivity contribution in [2.75, 3.05) is 6.61 Å². The second-order valence-corrected chi connectivity index (χ2v) is 5.24. The van der Waals surface area contributed by atoms with Gasteiger partial charge < -0.3 is 9.72 Å². The Morgan fingerprint density at radius 2 is 1.95 bits per heavy atom. The molecule has 0 saturated carbocycles. The van der Waals surface area contributed by atoms with E-state index in [1.807, 2.05) is 35.9 Å². The van der Waals surface area contributed by atoms with E-state index >= 15 is 0 Å². The smallest absolute Gasteiger partial charge is 0.340 e. The summed E-state index contributed by atoms with van der Waals surface area (Å²) in [7, 11) is 0. The van der Waals surface area contributed by atoms with Crippen LogP contribution in [0.25, 0.3) is 0 Å². The molecule has 2 rings (SSSR count). The Hall–Kier alpha value is -2.43. The largest absolute Gasteiger partial charge is 0.462 e. The van der Waals surface area contributed by atoms with Crippen molar-refractivity contribution in [3.05, 3.63) is 52.6 Å². The molecule has 2 aromatic rings. The third kappa shape index (κ3) is 3.08. The third-order valence-corrected chi connectivity index (χ3v) is 3.68. The van der Waals surface area contributed by atoms with Gasteiger partial charge in [0.25, 0.3) is 0 Å². The number of ketones is 1. The van der Waals surface area contributed by atoms with E-state index in [-0.39, 0.29) is 12.3 Å². The van der Waals surface area contributed by atoms with Gasteiger partial charge in [-0.1, -0.05) is 6.07 Å². The number of carbonyl (C=O) groups is 2. The molecule has 0 aliphatic carbocycles. The molecule has 5 nitrogen and oxygen atoms in total. The predicted molar refractivity (Wildman–Crippen MR) is 81.9 cm³/mol. The van der Waals surface area contributed by atoms with Crippen molar-refractivity contribution in [3.8, 4) is 0 Å². The lowest BCUT2D eigenvalue weighted by Gasteiger charge is -2.02. The van der Waals surface area contributed by atoms with Gasteiger partial charge in [-0.2, -0.15) is 4.57 Å². The van der Waals surface area contributed by atoms with Crippen LogP contribution in [0.3, 0.4) is 0 Å². The van der Waals surface area contributed by atoms with E-state index in [2.05, 4.69) is 4.98 Å². The summed E-state index contributed by atoms with van der Waals surface area (Å²) < 4.78 is 6.92. The number of aromatic nitrogens is 2. The summed E-state index contributed by atoms with van der Waals surface area (Å²) in [6.07, 6.45) is 1.87. The number of aryl methyl sites for hydroxylation is 2. The van der Waals surface area contributed by atoms with E-state index in [1.54, 1.807) is 20.8 Å². The number of Topliss-reactive ketones (excluding diaryl/α,β-unsaturated/α-hetero) is 1. The summed E-state index contributed by atoms with van der Waals surface area (Å²) >= 11 is 0. The molecule has 0 radical (unpaired) electrons. The molecule has 0 amide bonds. The SMILES string of the molecule is CCOC(=O)c1c(C)[nH]c(C(=O)C[n+]2ccccc2C)c1C. The number of carbonyl (C=O) groups excluding carboxylic acids is 2. The van der Waals surface area contributed by atoms with Crippen LogP contribution in [0.15, 0.2) is 24.4 Å². The lowest BCUT2D eigenvalue weighted by Crippen LogP contribution is -2.40. The molecule has 0 bridgehead atoms. The third-order valence-electron chi connectivity index (χ3n) is 3.68. The fraction of sp³-hybridized carbons (Fsp3) is 0.353. The highest BCUT2D eigenvalue weighted by atomic mass is 16.5. The van der Waals surface area contributed by atoms with Crippen LogP contribution in [-0.2, 0) is 11.3 Å². The first-order chi connectivity index (χ1) is 10.5. The number of esters is 1. The number of pyridine rings is 1. The molecule has 0 fully saturated rings. The first-order valence-corrected chi connectivity index (χ1v) is 7.30. The minimum Gasteiger partial charge on any atom is -0.462 e. The van der Waals surface area contributed by atoms with Crippen LogP contribution in [0.5, 0.6) is 0 Å². The summed E-state index contributed by atoms with van der Waals surface area (Å²) in [6, 6.07) is 5.76. The topological polar surface area (TPSA) is 63.0 Å². The van der Waals surface area contributed by atoms with Crippen molar-refractivity contribution < 1.29 is 18.9 Å². The summed E-state index contributed by atoms with van der Waals surface area (Å²) in [5.41, 5.74) is 3.24. The van der Waals surface area contributed by atoms with Crippen molar-refractivity contribution in [3.63, 3.8) is 0 Å². The molecule has 5 heteroatoms. The monoisotopic (exact) mass is 301 g/mol. The molecule has 0 aliphatic rings. The Morgan fingerprint density at radius 1 is 1.23 bits per heavy atom.